The van der Waals surface area contributed by atoms with Crippen molar-refractivity contribution in [3.05, 3.63) is 65.1 Å². The molecule has 40 heavy (non-hydrogen) atoms. The summed E-state index contributed by atoms with van der Waals surface area (Å²) in [4.78, 5) is 29.5. The second-order valence-corrected chi connectivity index (χ2v) is 10.4. The fourth-order valence-electron chi connectivity index (χ4n) is 3.89. The molecule has 0 fully saturated rings. The minimum atomic E-state index is -1.05. The number of benzene rings is 2. The summed E-state index contributed by atoms with van der Waals surface area (Å²) in [5.41, 5.74) is 5.36. The van der Waals surface area contributed by atoms with Gasteiger partial charge in [-0.2, -0.15) is 0 Å². The average molecular weight is 560 g/mol. The van der Waals surface area contributed by atoms with Crippen LogP contribution in [0.1, 0.15) is 74.9 Å². The number of oxazole rings is 1. The lowest BCUT2D eigenvalue weighted by Gasteiger charge is -2.24. The summed E-state index contributed by atoms with van der Waals surface area (Å²) in [5.74, 6) is -1.25. The summed E-state index contributed by atoms with van der Waals surface area (Å²) in [6, 6.07) is 8.09. The van der Waals surface area contributed by atoms with E-state index in [0.717, 1.165) is 25.0 Å². The number of aromatic nitrogens is 1. The van der Waals surface area contributed by atoms with Gasteiger partial charge >= 0.3 is 6.09 Å². The Morgan fingerprint density at radius 2 is 1.88 bits per heavy atom. The molecule has 9 nitrogen and oxygen atoms in total. The smallest absolute Gasteiger partial charge is 0.405 e. The lowest BCUT2D eigenvalue weighted by Crippen LogP contribution is -2.27. The summed E-state index contributed by atoms with van der Waals surface area (Å²) in [5, 5.41) is 2.58. The molecule has 0 saturated heterocycles. The molecule has 2 amide bonds. The van der Waals surface area contributed by atoms with Crippen LogP contribution in [0.3, 0.4) is 0 Å². The third-order valence-electron chi connectivity index (χ3n) is 5.84. The molecule has 1 aromatic heterocycles. The topological polar surface area (TPSA) is 126 Å². The van der Waals surface area contributed by atoms with Crippen LogP contribution >= 0.6 is 0 Å². The van der Waals surface area contributed by atoms with Gasteiger partial charge in [0.2, 0.25) is 5.89 Å². The van der Waals surface area contributed by atoms with Crippen LogP contribution in [0.25, 0.3) is 11.5 Å². The highest BCUT2D eigenvalue weighted by atomic mass is 19.1. The van der Waals surface area contributed by atoms with Crippen LogP contribution in [0.5, 0.6) is 11.5 Å². The molecule has 0 aliphatic heterocycles. The Kier molecular flexibility index (Phi) is 10.1. The van der Waals surface area contributed by atoms with Crippen molar-refractivity contribution in [2.75, 3.05) is 13.7 Å². The monoisotopic (exact) mass is 559 g/mol. The maximum Gasteiger partial charge on any atom is 0.405 e. The number of nitrogens with zero attached hydrogens (tertiary/aromatic N) is 1. The van der Waals surface area contributed by atoms with Gasteiger partial charge in [0.25, 0.3) is 5.91 Å². The zero-order valence-electron chi connectivity index (χ0n) is 23.3. The molecule has 216 valence electrons. The average Bonchev–Trinajstić information content (AvgIpc) is 3.32. The first-order valence-electron chi connectivity index (χ1n) is 12.9. The van der Waals surface area contributed by atoms with Crippen molar-refractivity contribution >= 4 is 12.0 Å². The van der Waals surface area contributed by atoms with Crippen molar-refractivity contribution in [1.82, 2.24) is 10.3 Å². The van der Waals surface area contributed by atoms with Crippen LogP contribution in [-0.2, 0) is 11.3 Å². The fourth-order valence-corrected chi connectivity index (χ4v) is 3.89. The Balaban J connectivity index is 2.03. The largest absolute Gasteiger partial charge is 0.493 e. The van der Waals surface area contributed by atoms with Crippen molar-refractivity contribution in [2.45, 2.75) is 59.6 Å². The molecule has 3 rings (SSSR count). The van der Waals surface area contributed by atoms with E-state index in [9.17, 15) is 18.4 Å². The first-order chi connectivity index (χ1) is 18.9. The number of hydrogen-bond acceptors (Lipinski definition) is 7. The second kappa shape index (κ2) is 13.3. The van der Waals surface area contributed by atoms with Gasteiger partial charge < -0.3 is 29.7 Å². The molecule has 0 saturated carbocycles. The zero-order chi connectivity index (χ0) is 29.4. The summed E-state index contributed by atoms with van der Waals surface area (Å²) >= 11 is 0. The third-order valence-corrected chi connectivity index (χ3v) is 5.84. The van der Waals surface area contributed by atoms with Crippen molar-refractivity contribution in [1.29, 1.82) is 0 Å². The molecule has 0 unspecified atom stereocenters. The number of carbonyl (C=O) groups is 2. The van der Waals surface area contributed by atoms with Gasteiger partial charge in [0.15, 0.2) is 29.1 Å². The Morgan fingerprint density at radius 3 is 2.50 bits per heavy atom. The number of halogens is 2. The molecule has 3 N–H and O–H groups in total. The first kappa shape index (κ1) is 30.4. The number of methoxy groups -OCH3 is 1. The highest BCUT2D eigenvalue weighted by Gasteiger charge is 2.33. The van der Waals surface area contributed by atoms with Crippen molar-refractivity contribution < 1.29 is 37.0 Å². The zero-order valence-corrected chi connectivity index (χ0v) is 23.3. The van der Waals surface area contributed by atoms with Crippen LogP contribution in [0.15, 0.2) is 40.8 Å². The van der Waals surface area contributed by atoms with Crippen LogP contribution < -0.4 is 20.5 Å². The van der Waals surface area contributed by atoms with Gasteiger partial charge in [-0.1, -0.05) is 40.2 Å². The number of amides is 2. The van der Waals surface area contributed by atoms with Gasteiger partial charge in [-0.3, -0.25) is 4.79 Å². The molecule has 0 aliphatic rings. The summed E-state index contributed by atoms with van der Waals surface area (Å²) in [7, 11) is 1.52. The summed E-state index contributed by atoms with van der Waals surface area (Å²) < 4.78 is 50.1. The highest BCUT2D eigenvalue weighted by Crippen LogP contribution is 2.38. The van der Waals surface area contributed by atoms with Crippen LogP contribution in [-0.4, -0.2) is 30.7 Å². The summed E-state index contributed by atoms with van der Waals surface area (Å²) in [6.07, 6.45) is -0.0519. The molecule has 2 aromatic carbocycles. The lowest BCUT2D eigenvalue weighted by atomic mass is 9.88. The number of nitrogens with two attached hydrogens (primary N) is 1. The summed E-state index contributed by atoms with van der Waals surface area (Å²) in [6.45, 7) is 8.03. The third kappa shape index (κ3) is 8.17. The SMILES string of the molecule is CCCCOc1cc(-c2nc(C(=O)NCc3ccc(F)cc3F)c([C@H](CC(C)(C)C)OC(N)=O)o2)ccc1OC. The molecule has 3 aromatic rings. The van der Waals surface area contributed by atoms with Gasteiger partial charge in [-0.25, -0.2) is 18.6 Å². The molecule has 0 radical (unpaired) electrons. The van der Waals surface area contributed by atoms with Gasteiger partial charge in [0.1, 0.15) is 11.6 Å². The van der Waals surface area contributed by atoms with E-state index in [-0.39, 0.29) is 41.3 Å². The molecular formula is C29H35F2N3O6. The van der Waals surface area contributed by atoms with Crippen molar-refractivity contribution in [2.24, 2.45) is 11.1 Å². The van der Waals surface area contributed by atoms with E-state index >= 15 is 0 Å². The molecule has 1 heterocycles. The predicted octanol–water partition coefficient (Wildman–Crippen LogP) is 6.31. The van der Waals surface area contributed by atoms with Crippen molar-refractivity contribution in [3.8, 4) is 23.0 Å². The second-order valence-electron chi connectivity index (χ2n) is 10.4. The van der Waals surface area contributed by atoms with Gasteiger partial charge in [0, 0.05) is 23.7 Å². The quantitative estimate of drug-likeness (QED) is 0.249. The number of ether oxygens (including phenoxy) is 3. The van der Waals surface area contributed by atoms with E-state index in [4.69, 9.17) is 24.4 Å². The number of primary amides is 1. The van der Waals surface area contributed by atoms with Gasteiger partial charge in [-0.15, -0.1) is 0 Å². The molecule has 0 bridgehead atoms. The minimum absolute atomic E-state index is 0.0231. The van der Waals surface area contributed by atoms with E-state index in [1.54, 1.807) is 18.2 Å². The number of rotatable bonds is 12. The normalized spacial score (nSPS) is 12.1. The molecule has 0 spiro atoms. The number of unbranched alkanes of at least 4 members (excludes halogenated alkanes) is 1. The Bertz CT molecular complexity index is 1340. The van der Waals surface area contributed by atoms with Gasteiger partial charge in [0.05, 0.1) is 13.7 Å². The van der Waals surface area contributed by atoms with Crippen molar-refractivity contribution in [3.63, 3.8) is 0 Å². The van der Waals surface area contributed by atoms with E-state index in [2.05, 4.69) is 10.3 Å². The van der Waals surface area contributed by atoms with Gasteiger partial charge in [-0.05, 0) is 42.5 Å². The minimum Gasteiger partial charge on any atom is -0.493 e. The van der Waals surface area contributed by atoms with Crippen LogP contribution in [0.4, 0.5) is 13.6 Å². The van der Waals surface area contributed by atoms with E-state index in [0.29, 0.717) is 23.7 Å². The number of hydrogen-bond donors (Lipinski definition) is 2. The number of nitrogens with one attached hydrogen (secondary N) is 1. The van der Waals surface area contributed by atoms with E-state index in [1.165, 1.54) is 13.2 Å². The standard InChI is InChI=1S/C29H35F2N3O6/c1-6-7-12-38-22-13-17(9-11-21(22)37-5)27-34-24(25(40-27)23(39-28(32)36)15-29(2,3)4)26(35)33-16-18-8-10-19(30)14-20(18)31/h8-11,13-14,23H,6-7,12,15-16H2,1-5H3,(H2,32,36)(H,33,35)/t23-/m0/s1. The molecule has 11 heteroatoms. The Morgan fingerprint density at radius 1 is 1.12 bits per heavy atom. The first-order valence-corrected chi connectivity index (χ1v) is 12.9. The molecular weight excluding hydrogens is 524 g/mol. The highest BCUT2D eigenvalue weighted by molar-refractivity contribution is 5.94. The maximum absolute atomic E-state index is 14.2. The predicted molar refractivity (Wildman–Crippen MR) is 144 cm³/mol. The number of carbonyl (C=O) groups excluding carboxylic acids is 2. The Hall–Kier alpha value is -4.15. The van der Waals surface area contributed by atoms with Crippen LogP contribution in [0.2, 0.25) is 0 Å². The Labute approximate surface area is 232 Å². The maximum atomic E-state index is 14.2. The molecule has 1 atom stereocenters. The van der Waals surface area contributed by atoms with E-state index < -0.39 is 29.7 Å². The van der Waals surface area contributed by atoms with E-state index in [1.807, 2.05) is 27.7 Å². The van der Waals surface area contributed by atoms with Crippen LogP contribution in [0, 0.1) is 17.0 Å². The molecule has 0 aliphatic carbocycles. The lowest BCUT2D eigenvalue weighted by molar-refractivity contribution is 0.0635. The fraction of sp³-hybridized carbons (Fsp3) is 0.414.